The number of aryl methyl sites for hydroxylation is 1. The lowest BCUT2D eigenvalue weighted by Gasteiger charge is -2.21. The largest absolute Gasteiger partial charge is 0.366 e. The molecule has 0 spiro atoms. The molecule has 10 heteroatoms. The maximum absolute atomic E-state index is 12.1. The highest BCUT2D eigenvalue weighted by Crippen LogP contribution is 2.20. The third-order valence-electron chi connectivity index (χ3n) is 5.61. The zero-order valence-electron chi connectivity index (χ0n) is 18.2. The van der Waals surface area contributed by atoms with Crippen LogP contribution in [0.2, 0.25) is 0 Å². The van der Waals surface area contributed by atoms with Crippen molar-refractivity contribution in [1.29, 1.82) is 0 Å². The van der Waals surface area contributed by atoms with Crippen LogP contribution in [0.25, 0.3) is 0 Å². The average Bonchev–Trinajstić information content (AvgIpc) is 3.52. The molecule has 0 radical (unpaired) electrons. The summed E-state index contributed by atoms with van der Waals surface area (Å²) in [7, 11) is 1.94. The van der Waals surface area contributed by atoms with Gasteiger partial charge in [-0.05, 0) is 36.6 Å². The lowest BCUT2D eigenvalue weighted by atomic mass is 10.1. The van der Waals surface area contributed by atoms with Gasteiger partial charge in [-0.1, -0.05) is 12.1 Å². The van der Waals surface area contributed by atoms with Crippen molar-refractivity contribution in [1.82, 2.24) is 29.4 Å². The van der Waals surface area contributed by atoms with E-state index in [4.69, 9.17) is 5.73 Å². The molecule has 0 bridgehead atoms. The number of nitrogens with zero attached hydrogens (tertiary/aromatic N) is 7. The minimum absolute atomic E-state index is 0.161. The second kappa shape index (κ2) is 9.63. The fourth-order valence-corrected chi connectivity index (χ4v) is 3.99. The summed E-state index contributed by atoms with van der Waals surface area (Å²) >= 11 is 0. The van der Waals surface area contributed by atoms with Gasteiger partial charge in [-0.25, -0.2) is 0 Å². The molecule has 0 unspecified atom stereocenters. The summed E-state index contributed by atoms with van der Waals surface area (Å²) in [6.45, 7) is 3.23. The van der Waals surface area contributed by atoms with Crippen molar-refractivity contribution in [2.45, 2.75) is 45.4 Å². The zero-order chi connectivity index (χ0) is 22.5. The van der Waals surface area contributed by atoms with Gasteiger partial charge in [0.25, 0.3) is 0 Å². The third kappa shape index (κ3) is 4.96. The number of aromatic nitrogens is 5. The van der Waals surface area contributed by atoms with Crippen molar-refractivity contribution >= 4 is 17.8 Å². The number of amides is 2. The molecule has 1 saturated heterocycles. The smallest absolute Gasteiger partial charge is 0.248 e. The Morgan fingerprint density at radius 1 is 1.22 bits per heavy atom. The second-order valence-corrected chi connectivity index (χ2v) is 8.03. The number of hydrogen-bond acceptors (Lipinski definition) is 6. The number of primary amides is 1. The highest BCUT2D eigenvalue weighted by Gasteiger charge is 2.24. The van der Waals surface area contributed by atoms with E-state index >= 15 is 0 Å². The first-order valence-corrected chi connectivity index (χ1v) is 10.8. The molecule has 3 heterocycles. The van der Waals surface area contributed by atoms with Gasteiger partial charge >= 0.3 is 0 Å². The monoisotopic (exact) mass is 436 g/mol. The van der Waals surface area contributed by atoms with Gasteiger partial charge in [-0.15, -0.1) is 10.2 Å². The number of carbonyl (C=O) groups excluding carboxylic acids is 2. The summed E-state index contributed by atoms with van der Waals surface area (Å²) in [4.78, 5) is 27.5. The molecule has 1 aromatic carbocycles. The van der Waals surface area contributed by atoms with E-state index in [1.807, 2.05) is 45.9 Å². The van der Waals surface area contributed by atoms with Gasteiger partial charge in [-0.2, -0.15) is 5.10 Å². The molecule has 0 atom stereocenters. The molecule has 1 aliphatic heterocycles. The normalized spacial score (nSPS) is 13.7. The number of hydrogen-bond donors (Lipinski definition) is 1. The van der Waals surface area contributed by atoms with Crippen LogP contribution in [-0.4, -0.2) is 54.9 Å². The molecule has 0 saturated carbocycles. The molecule has 2 amide bonds. The van der Waals surface area contributed by atoms with Crippen molar-refractivity contribution < 1.29 is 9.59 Å². The average molecular weight is 437 g/mol. The molecule has 1 aliphatic rings. The molecular formula is C22H28N8O2. The van der Waals surface area contributed by atoms with Gasteiger partial charge in [0.15, 0.2) is 5.82 Å². The Kier molecular flexibility index (Phi) is 6.48. The van der Waals surface area contributed by atoms with Crippen molar-refractivity contribution in [3.8, 4) is 0 Å². The summed E-state index contributed by atoms with van der Waals surface area (Å²) in [5, 5.41) is 13.1. The number of rotatable bonds is 10. The highest BCUT2D eigenvalue weighted by atomic mass is 16.2. The van der Waals surface area contributed by atoms with E-state index in [2.05, 4.69) is 19.9 Å². The molecule has 1 fully saturated rings. The molecular weight excluding hydrogens is 408 g/mol. The van der Waals surface area contributed by atoms with E-state index in [1.165, 1.54) is 0 Å². The SMILES string of the molecule is CN(Cc1cccc(C(N)=O)c1)c1nnc(CN2CCCC2=O)n1CCCn1cccn1. The number of nitrogens with two attached hydrogens (primary N) is 1. The Balaban J connectivity index is 1.53. The van der Waals surface area contributed by atoms with Gasteiger partial charge in [0.2, 0.25) is 17.8 Å². The maximum atomic E-state index is 12.1. The molecule has 3 aromatic rings. The van der Waals surface area contributed by atoms with E-state index in [0.29, 0.717) is 31.6 Å². The number of anilines is 1. The maximum Gasteiger partial charge on any atom is 0.248 e. The molecule has 2 aromatic heterocycles. The molecule has 0 aliphatic carbocycles. The van der Waals surface area contributed by atoms with Gasteiger partial charge in [0, 0.05) is 57.6 Å². The van der Waals surface area contributed by atoms with Crippen molar-refractivity contribution in [3.63, 3.8) is 0 Å². The minimum Gasteiger partial charge on any atom is -0.366 e. The lowest BCUT2D eigenvalue weighted by molar-refractivity contribution is -0.128. The Morgan fingerprint density at radius 3 is 2.81 bits per heavy atom. The summed E-state index contributed by atoms with van der Waals surface area (Å²) in [5.74, 6) is 1.20. The molecule has 32 heavy (non-hydrogen) atoms. The molecule has 168 valence electrons. The standard InChI is InChI=1S/C22H28N8O2/c1-27(15-17-6-2-7-18(14-17)21(23)32)22-26-25-19(16-28-10-3-8-20(28)31)30(22)13-5-12-29-11-4-9-24-29/h2,4,6-7,9,11,14H,3,5,8,10,12-13,15-16H2,1H3,(H2,23,32). The number of carbonyl (C=O) groups is 2. The van der Waals surface area contributed by atoms with Crippen LogP contribution in [0.5, 0.6) is 0 Å². The van der Waals surface area contributed by atoms with Crippen LogP contribution in [0.3, 0.4) is 0 Å². The Labute approximate surface area is 186 Å². The molecule has 4 rings (SSSR count). The van der Waals surface area contributed by atoms with E-state index in [0.717, 1.165) is 43.3 Å². The fraction of sp³-hybridized carbons (Fsp3) is 0.409. The third-order valence-corrected chi connectivity index (χ3v) is 5.61. The first-order chi connectivity index (χ1) is 15.5. The predicted molar refractivity (Wildman–Crippen MR) is 119 cm³/mol. The van der Waals surface area contributed by atoms with Gasteiger partial charge < -0.3 is 15.5 Å². The first kappa shape index (κ1) is 21.5. The quantitative estimate of drug-likeness (QED) is 0.514. The van der Waals surface area contributed by atoms with E-state index in [-0.39, 0.29) is 5.91 Å². The van der Waals surface area contributed by atoms with Crippen molar-refractivity contribution in [2.75, 3.05) is 18.5 Å². The zero-order valence-corrected chi connectivity index (χ0v) is 18.2. The van der Waals surface area contributed by atoms with Crippen LogP contribution in [-0.2, 0) is 31.0 Å². The topological polar surface area (TPSA) is 115 Å². The van der Waals surface area contributed by atoms with Crippen LogP contribution in [0.1, 0.15) is 41.0 Å². The van der Waals surface area contributed by atoms with E-state index < -0.39 is 5.91 Å². The Hall–Kier alpha value is -3.69. The lowest BCUT2D eigenvalue weighted by Crippen LogP contribution is -2.27. The van der Waals surface area contributed by atoms with E-state index in [9.17, 15) is 9.59 Å². The highest BCUT2D eigenvalue weighted by molar-refractivity contribution is 5.92. The number of likely N-dealkylation sites (tertiary alicyclic amines) is 1. The van der Waals surface area contributed by atoms with Crippen molar-refractivity contribution in [2.24, 2.45) is 5.73 Å². The predicted octanol–water partition coefficient (Wildman–Crippen LogP) is 1.42. The van der Waals surface area contributed by atoms with Gasteiger partial charge in [-0.3, -0.25) is 18.8 Å². The van der Waals surface area contributed by atoms with Crippen LogP contribution in [0.15, 0.2) is 42.7 Å². The Bertz CT molecular complexity index is 1080. The van der Waals surface area contributed by atoms with Crippen LogP contribution < -0.4 is 10.6 Å². The molecule has 2 N–H and O–H groups in total. The van der Waals surface area contributed by atoms with Crippen LogP contribution in [0, 0.1) is 0 Å². The number of benzene rings is 1. The van der Waals surface area contributed by atoms with Crippen molar-refractivity contribution in [3.05, 3.63) is 59.7 Å². The fourth-order valence-electron chi connectivity index (χ4n) is 3.99. The van der Waals surface area contributed by atoms with Crippen LogP contribution >= 0.6 is 0 Å². The second-order valence-electron chi connectivity index (χ2n) is 8.03. The Morgan fingerprint density at radius 2 is 2.09 bits per heavy atom. The van der Waals surface area contributed by atoms with Gasteiger partial charge in [0.05, 0.1) is 6.54 Å². The first-order valence-electron chi connectivity index (χ1n) is 10.8. The summed E-state index contributed by atoms with van der Waals surface area (Å²) in [6, 6.07) is 9.17. The molecule has 10 nitrogen and oxygen atoms in total. The summed E-state index contributed by atoms with van der Waals surface area (Å²) < 4.78 is 3.97. The van der Waals surface area contributed by atoms with Gasteiger partial charge in [0.1, 0.15) is 0 Å². The summed E-state index contributed by atoms with van der Waals surface area (Å²) in [5.41, 5.74) is 6.84. The van der Waals surface area contributed by atoms with E-state index in [1.54, 1.807) is 18.3 Å². The minimum atomic E-state index is -0.450. The summed E-state index contributed by atoms with van der Waals surface area (Å²) in [6.07, 6.45) is 6.03. The van der Waals surface area contributed by atoms with Crippen LogP contribution in [0.4, 0.5) is 5.95 Å².